The van der Waals surface area contributed by atoms with Crippen LogP contribution in [0.15, 0.2) is 53.1 Å². The van der Waals surface area contributed by atoms with Gasteiger partial charge in [-0.2, -0.15) is 0 Å². The first-order valence-electron chi connectivity index (χ1n) is 9.94. The van der Waals surface area contributed by atoms with Crippen molar-refractivity contribution >= 4 is 45.8 Å². The highest BCUT2D eigenvalue weighted by Crippen LogP contribution is 2.40. The van der Waals surface area contributed by atoms with Crippen LogP contribution in [0.2, 0.25) is 19.6 Å². The average Bonchev–Trinajstić information content (AvgIpc) is 2.75. The van der Waals surface area contributed by atoms with Crippen LogP contribution in [0.3, 0.4) is 0 Å². The number of hydrogen-bond acceptors (Lipinski definition) is 4. The van der Waals surface area contributed by atoms with Crippen molar-refractivity contribution < 1.29 is 9.47 Å². The van der Waals surface area contributed by atoms with Crippen molar-refractivity contribution in [1.82, 2.24) is 9.97 Å². The minimum atomic E-state index is -1.59. The SMILES string of the molecule is COc1cccc(OC)c1-c1nc2c(ccc3cc(Br)cnc32)cc1C#C[Si](C)(C)C. The smallest absolute Gasteiger partial charge is 0.132 e. The summed E-state index contributed by atoms with van der Waals surface area (Å²) >= 11 is 3.51. The molecule has 0 bridgehead atoms. The zero-order valence-electron chi connectivity index (χ0n) is 18.2. The summed E-state index contributed by atoms with van der Waals surface area (Å²) in [4.78, 5) is 9.74. The Morgan fingerprint density at radius 2 is 1.55 bits per heavy atom. The van der Waals surface area contributed by atoms with Gasteiger partial charge in [0.1, 0.15) is 19.6 Å². The summed E-state index contributed by atoms with van der Waals surface area (Å²) in [5.74, 6) is 4.80. The zero-order valence-corrected chi connectivity index (χ0v) is 20.8. The van der Waals surface area contributed by atoms with Crippen LogP contribution in [0.5, 0.6) is 11.5 Å². The van der Waals surface area contributed by atoms with Gasteiger partial charge in [0.25, 0.3) is 0 Å². The monoisotopic (exact) mass is 490 g/mol. The molecule has 4 nitrogen and oxygen atoms in total. The van der Waals surface area contributed by atoms with Crippen molar-refractivity contribution in [1.29, 1.82) is 0 Å². The number of fused-ring (bicyclic) bond motifs is 3. The molecular weight excluding hydrogens is 468 g/mol. The van der Waals surface area contributed by atoms with Gasteiger partial charge in [0.05, 0.1) is 42.1 Å². The number of halogens is 1. The lowest BCUT2D eigenvalue weighted by molar-refractivity contribution is 0.397. The molecule has 0 fully saturated rings. The molecule has 0 N–H and O–H groups in total. The fourth-order valence-corrected chi connectivity index (χ4v) is 4.29. The summed E-state index contributed by atoms with van der Waals surface area (Å²) in [5, 5.41) is 2.02. The molecule has 0 amide bonds. The van der Waals surface area contributed by atoms with Crippen LogP contribution in [0.1, 0.15) is 5.56 Å². The Labute approximate surface area is 191 Å². The lowest BCUT2D eigenvalue weighted by Crippen LogP contribution is -2.16. The van der Waals surface area contributed by atoms with E-state index in [1.165, 1.54) is 0 Å². The molecule has 6 heteroatoms. The maximum Gasteiger partial charge on any atom is 0.132 e. The van der Waals surface area contributed by atoms with Crippen LogP contribution in [-0.2, 0) is 0 Å². The summed E-state index contributed by atoms with van der Waals surface area (Å²) in [6.45, 7) is 6.69. The number of nitrogens with zero attached hydrogens (tertiary/aromatic N) is 2. The van der Waals surface area contributed by atoms with Crippen molar-refractivity contribution in [3.05, 3.63) is 58.7 Å². The Hall–Kier alpha value is -2.88. The van der Waals surface area contributed by atoms with Gasteiger partial charge in [-0.1, -0.05) is 43.8 Å². The predicted molar refractivity (Wildman–Crippen MR) is 134 cm³/mol. The molecule has 0 spiro atoms. The first-order chi connectivity index (χ1) is 14.8. The van der Waals surface area contributed by atoms with Gasteiger partial charge in [0, 0.05) is 21.4 Å². The van der Waals surface area contributed by atoms with Crippen LogP contribution < -0.4 is 9.47 Å². The average molecular weight is 491 g/mol. The van der Waals surface area contributed by atoms with Gasteiger partial charge in [0.2, 0.25) is 0 Å². The van der Waals surface area contributed by atoms with Crippen molar-refractivity contribution in [3.63, 3.8) is 0 Å². The van der Waals surface area contributed by atoms with Crippen molar-refractivity contribution in [2.45, 2.75) is 19.6 Å². The van der Waals surface area contributed by atoms with Crippen LogP contribution in [0.4, 0.5) is 0 Å². The molecule has 156 valence electrons. The summed E-state index contributed by atoms with van der Waals surface area (Å²) < 4.78 is 12.3. The molecule has 0 aliphatic rings. The lowest BCUT2D eigenvalue weighted by atomic mass is 10.0. The Morgan fingerprint density at radius 1 is 0.903 bits per heavy atom. The third-order valence-corrected chi connectivity index (χ3v) is 6.15. The fraction of sp³-hybridized carbons (Fsp3) is 0.200. The van der Waals surface area contributed by atoms with Crippen LogP contribution in [0, 0.1) is 11.5 Å². The number of hydrogen-bond donors (Lipinski definition) is 0. The van der Waals surface area contributed by atoms with E-state index in [4.69, 9.17) is 14.5 Å². The second-order valence-corrected chi connectivity index (χ2v) is 14.0. The highest BCUT2D eigenvalue weighted by molar-refractivity contribution is 9.10. The maximum absolute atomic E-state index is 5.68. The molecule has 0 saturated heterocycles. The molecular formula is C25H23BrN2O2Si. The quantitative estimate of drug-likeness (QED) is 0.188. The predicted octanol–water partition coefficient (Wildman–Crippen LogP) is 6.46. The highest BCUT2D eigenvalue weighted by atomic mass is 79.9. The Balaban J connectivity index is 2.12. The van der Waals surface area contributed by atoms with Gasteiger partial charge in [-0.3, -0.25) is 4.98 Å². The number of benzene rings is 2. The van der Waals surface area contributed by atoms with Gasteiger partial charge >= 0.3 is 0 Å². The molecule has 0 aliphatic carbocycles. The Bertz CT molecular complexity index is 1350. The maximum atomic E-state index is 5.68. The van der Waals surface area contributed by atoms with E-state index in [1.807, 2.05) is 24.3 Å². The number of methoxy groups -OCH3 is 2. The van der Waals surface area contributed by atoms with Crippen molar-refractivity contribution in [2.75, 3.05) is 14.2 Å². The van der Waals surface area contributed by atoms with Gasteiger partial charge in [-0.15, -0.1) is 5.54 Å². The Kier molecular flexibility index (Phi) is 5.74. The molecule has 0 saturated carbocycles. The minimum absolute atomic E-state index is 0.693. The fourth-order valence-electron chi connectivity index (χ4n) is 3.43. The molecule has 2 aromatic heterocycles. The number of pyridine rings is 2. The normalized spacial score (nSPS) is 11.3. The molecule has 0 aliphatic heterocycles. The van der Waals surface area contributed by atoms with Crippen LogP contribution in [0.25, 0.3) is 33.1 Å². The molecule has 0 atom stereocenters. The summed E-state index contributed by atoms with van der Waals surface area (Å²) in [7, 11) is 1.71. The molecule has 0 radical (unpaired) electrons. The van der Waals surface area contributed by atoms with Gasteiger partial charge in [-0.05, 0) is 40.2 Å². The van der Waals surface area contributed by atoms with E-state index in [0.717, 1.165) is 43.1 Å². The van der Waals surface area contributed by atoms with Crippen molar-refractivity contribution in [2.24, 2.45) is 0 Å². The standard InChI is InChI=1S/C25H23BrN2O2Si/c1-29-20-7-6-8-21(30-2)22(20)23-18(11-12-31(3,4)5)13-16-9-10-17-14-19(26)15-27-24(17)25(16)28-23/h6-10,13-15H,1-5H3. The largest absolute Gasteiger partial charge is 0.496 e. The number of aromatic nitrogens is 2. The number of ether oxygens (including phenoxy) is 2. The first-order valence-corrected chi connectivity index (χ1v) is 14.2. The van der Waals surface area contributed by atoms with E-state index >= 15 is 0 Å². The van der Waals surface area contributed by atoms with Gasteiger partial charge < -0.3 is 9.47 Å². The van der Waals surface area contributed by atoms with E-state index < -0.39 is 8.07 Å². The van der Waals surface area contributed by atoms with E-state index in [1.54, 1.807) is 20.4 Å². The lowest BCUT2D eigenvalue weighted by Gasteiger charge is -2.15. The third-order valence-electron chi connectivity index (χ3n) is 4.84. The van der Waals surface area contributed by atoms with Crippen molar-refractivity contribution in [3.8, 4) is 34.2 Å². The topological polar surface area (TPSA) is 44.2 Å². The molecule has 31 heavy (non-hydrogen) atoms. The highest BCUT2D eigenvalue weighted by Gasteiger charge is 2.19. The molecule has 4 aromatic rings. The van der Waals surface area contributed by atoms with E-state index in [9.17, 15) is 0 Å². The molecule has 2 aromatic carbocycles. The zero-order chi connectivity index (χ0) is 22.2. The van der Waals surface area contributed by atoms with E-state index in [0.29, 0.717) is 11.5 Å². The van der Waals surface area contributed by atoms with Crippen LogP contribution >= 0.6 is 15.9 Å². The third kappa shape index (κ3) is 4.29. The minimum Gasteiger partial charge on any atom is -0.496 e. The van der Waals surface area contributed by atoms with Gasteiger partial charge in [0.15, 0.2) is 0 Å². The number of rotatable bonds is 3. The van der Waals surface area contributed by atoms with E-state index in [-0.39, 0.29) is 0 Å². The molecule has 4 rings (SSSR count). The van der Waals surface area contributed by atoms with E-state index in [2.05, 4.69) is 70.2 Å². The van der Waals surface area contributed by atoms with Gasteiger partial charge in [-0.25, -0.2) is 4.98 Å². The second kappa shape index (κ2) is 8.33. The molecule has 2 heterocycles. The summed E-state index contributed by atoms with van der Waals surface area (Å²) in [6, 6.07) is 14.0. The Morgan fingerprint density at radius 3 is 2.16 bits per heavy atom. The first kappa shape index (κ1) is 21.4. The van der Waals surface area contributed by atoms with Crippen LogP contribution in [-0.4, -0.2) is 32.3 Å². The molecule has 0 unspecified atom stereocenters. The second-order valence-electron chi connectivity index (χ2n) is 8.28. The summed E-state index contributed by atoms with van der Waals surface area (Å²) in [6.07, 6.45) is 1.80. The summed E-state index contributed by atoms with van der Waals surface area (Å²) in [5.41, 5.74) is 7.54.